The van der Waals surface area contributed by atoms with Gasteiger partial charge in [-0.2, -0.15) is 4.31 Å². The molecule has 7 heteroatoms. The van der Waals surface area contributed by atoms with Crippen molar-refractivity contribution in [2.24, 2.45) is 0 Å². The van der Waals surface area contributed by atoms with E-state index < -0.39 is 10.0 Å². The highest BCUT2D eigenvalue weighted by Gasteiger charge is 2.23. The van der Waals surface area contributed by atoms with Crippen LogP contribution in [0.5, 0.6) is 0 Å². The van der Waals surface area contributed by atoms with Crippen LogP contribution in [0, 0.1) is 0 Å². The molecule has 1 N–H and O–H groups in total. The van der Waals surface area contributed by atoms with E-state index in [-0.39, 0.29) is 0 Å². The highest BCUT2D eigenvalue weighted by Crippen LogP contribution is 2.18. The molecule has 0 aromatic carbocycles. The number of aromatic nitrogens is 1. The monoisotopic (exact) mass is 303 g/mol. The minimum atomic E-state index is -3.44. The zero-order valence-electron chi connectivity index (χ0n) is 12.7. The second kappa shape index (κ2) is 7.78. The molecule has 1 aromatic rings. The maximum Gasteiger partial charge on any atom is 0.244 e. The Hall–Kier alpha value is -0.890. The summed E-state index contributed by atoms with van der Waals surface area (Å²) >= 11 is 0. The average molecular weight is 303 g/mol. The van der Waals surface area contributed by atoms with Gasteiger partial charge < -0.3 is 14.6 Å². The lowest BCUT2D eigenvalue weighted by molar-refractivity contribution is 0.138. The molecule has 0 spiro atoms. The van der Waals surface area contributed by atoms with Gasteiger partial charge in [-0.15, -0.1) is 0 Å². The van der Waals surface area contributed by atoms with Gasteiger partial charge in [-0.3, -0.25) is 0 Å². The van der Waals surface area contributed by atoms with Crippen LogP contribution in [-0.4, -0.2) is 51.1 Å². The van der Waals surface area contributed by atoms with Crippen LogP contribution in [0.1, 0.15) is 19.5 Å². The van der Waals surface area contributed by atoms with E-state index in [1.165, 1.54) is 4.31 Å². The summed E-state index contributed by atoms with van der Waals surface area (Å²) in [6.07, 6.45) is 1.69. The Bertz CT molecular complexity index is 511. The van der Waals surface area contributed by atoms with Crippen molar-refractivity contribution in [1.82, 2.24) is 14.2 Å². The lowest BCUT2D eigenvalue weighted by atomic mass is 10.4. The lowest BCUT2D eigenvalue weighted by Crippen LogP contribution is -2.30. The maximum absolute atomic E-state index is 12.4. The summed E-state index contributed by atoms with van der Waals surface area (Å²) in [5, 5.41) is 3.05. The number of likely N-dealkylation sites (N-methyl/N-ethyl adjacent to an activating group) is 1. The van der Waals surface area contributed by atoms with Crippen LogP contribution in [0.25, 0.3) is 0 Å². The molecule has 1 rings (SSSR count). The molecule has 0 amide bonds. The van der Waals surface area contributed by atoms with Gasteiger partial charge >= 0.3 is 0 Å². The van der Waals surface area contributed by atoms with Gasteiger partial charge in [-0.25, -0.2) is 8.42 Å². The molecule has 0 bridgehead atoms. The number of sulfonamides is 1. The number of nitrogens with zero attached hydrogens (tertiary/aromatic N) is 2. The predicted molar refractivity (Wildman–Crippen MR) is 79.2 cm³/mol. The molecule has 20 heavy (non-hydrogen) atoms. The highest BCUT2D eigenvalue weighted by molar-refractivity contribution is 7.89. The first-order valence-electron chi connectivity index (χ1n) is 6.85. The predicted octanol–water partition coefficient (Wildman–Crippen LogP) is 0.884. The van der Waals surface area contributed by atoms with Crippen LogP contribution >= 0.6 is 0 Å². The van der Waals surface area contributed by atoms with Crippen molar-refractivity contribution < 1.29 is 13.2 Å². The van der Waals surface area contributed by atoms with Gasteiger partial charge in [0.1, 0.15) is 4.90 Å². The minimum Gasteiger partial charge on any atom is -0.380 e. The van der Waals surface area contributed by atoms with Gasteiger partial charge in [0.15, 0.2) is 0 Å². The molecule has 116 valence electrons. The smallest absolute Gasteiger partial charge is 0.244 e. The number of rotatable bonds is 9. The van der Waals surface area contributed by atoms with Crippen molar-refractivity contribution in [1.29, 1.82) is 0 Å². The van der Waals surface area contributed by atoms with E-state index in [0.717, 1.165) is 12.2 Å². The van der Waals surface area contributed by atoms with E-state index in [1.54, 1.807) is 19.3 Å². The zero-order chi connectivity index (χ0) is 15.2. The summed E-state index contributed by atoms with van der Waals surface area (Å²) in [5.41, 5.74) is 0.965. The number of nitrogens with one attached hydrogen (secondary N) is 1. The molecule has 0 atom stereocenters. The second-order valence-corrected chi connectivity index (χ2v) is 6.55. The van der Waals surface area contributed by atoms with Gasteiger partial charge in [0, 0.05) is 45.2 Å². The average Bonchev–Trinajstić information content (AvgIpc) is 2.83. The quantitative estimate of drug-likeness (QED) is 0.688. The largest absolute Gasteiger partial charge is 0.380 e. The molecule has 0 saturated carbocycles. The molecule has 0 radical (unpaired) electrons. The van der Waals surface area contributed by atoms with Crippen molar-refractivity contribution in [2.75, 3.05) is 33.9 Å². The van der Waals surface area contributed by atoms with Gasteiger partial charge in [-0.05, 0) is 27.0 Å². The van der Waals surface area contributed by atoms with Crippen molar-refractivity contribution in [2.45, 2.75) is 31.8 Å². The SMILES string of the molecule is CCOCCN(C)S(=O)(=O)c1cc(CNC)n(CC)c1. The van der Waals surface area contributed by atoms with E-state index in [0.29, 0.717) is 31.2 Å². The normalized spacial score (nSPS) is 12.2. The molecular weight excluding hydrogens is 278 g/mol. The van der Waals surface area contributed by atoms with Gasteiger partial charge in [0.25, 0.3) is 0 Å². The van der Waals surface area contributed by atoms with Crippen LogP contribution < -0.4 is 5.32 Å². The topological polar surface area (TPSA) is 63.6 Å². The summed E-state index contributed by atoms with van der Waals surface area (Å²) in [7, 11) is -0.0234. The van der Waals surface area contributed by atoms with E-state index in [4.69, 9.17) is 4.74 Å². The number of hydrogen-bond donors (Lipinski definition) is 1. The molecule has 0 aliphatic heterocycles. The van der Waals surface area contributed by atoms with E-state index in [1.807, 2.05) is 25.5 Å². The lowest BCUT2D eigenvalue weighted by Gasteiger charge is -2.15. The minimum absolute atomic E-state index is 0.337. The van der Waals surface area contributed by atoms with Crippen LogP contribution in [0.2, 0.25) is 0 Å². The first kappa shape index (κ1) is 17.2. The summed E-state index contributed by atoms with van der Waals surface area (Å²) in [6.45, 7) is 6.63. The standard InChI is InChI=1S/C13H25N3O3S/c1-5-16-11-13(9-12(16)10-14-3)20(17,18)15(4)7-8-19-6-2/h9,11,14H,5-8,10H2,1-4H3. The van der Waals surface area contributed by atoms with Crippen LogP contribution in [0.4, 0.5) is 0 Å². The molecule has 1 heterocycles. The first-order valence-corrected chi connectivity index (χ1v) is 8.29. The fourth-order valence-electron chi connectivity index (χ4n) is 1.93. The molecule has 0 aliphatic rings. The first-order chi connectivity index (χ1) is 9.47. The Morgan fingerprint density at radius 1 is 1.40 bits per heavy atom. The third-order valence-corrected chi connectivity index (χ3v) is 4.94. The summed E-state index contributed by atoms with van der Waals surface area (Å²) < 4.78 is 33.4. The number of ether oxygens (including phenoxy) is 1. The second-order valence-electron chi connectivity index (χ2n) is 4.51. The third kappa shape index (κ3) is 4.05. The van der Waals surface area contributed by atoms with Crippen molar-refractivity contribution in [3.8, 4) is 0 Å². The molecule has 0 fully saturated rings. The fourth-order valence-corrected chi connectivity index (χ4v) is 3.15. The van der Waals surface area contributed by atoms with Crippen LogP contribution in [-0.2, 0) is 27.8 Å². The van der Waals surface area contributed by atoms with Gasteiger partial charge in [0.2, 0.25) is 10.0 Å². The van der Waals surface area contributed by atoms with Crippen LogP contribution in [0.15, 0.2) is 17.2 Å². The molecule has 6 nitrogen and oxygen atoms in total. The Kier molecular flexibility index (Phi) is 6.67. The summed E-state index contributed by atoms with van der Waals surface area (Å²) in [6, 6.07) is 1.73. The van der Waals surface area contributed by atoms with Gasteiger partial charge in [-0.1, -0.05) is 0 Å². The Balaban J connectivity index is 2.91. The van der Waals surface area contributed by atoms with Crippen molar-refractivity contribution in [3.05, 3.63) is 18.0 Å². The Labute approximate surface area is 121 Å². The zero-order valence-corrected chi connectivity index (χ0v) is 13.5. The van der Waals surface area contributed by atoms with Crippen LogP contribution in [0.3, 0.4) is 0 Å². The molecule has 0 saturated heterocycles. The Morgan fingerprint density at radius 3 is 2.65 bits per heavy atom. The fraction of sp³-hybridized carbons (Fsp3) is 0.692. The van der Waals surface area contributed by atoms with E-state index in [2.05, 4.69) is 5.32 Å². The molecule has 0 aliphatic carbocycles. The van der Waals surface area contributed by atoms with Crippen molar-refractivity contribution >= 4 is 10.0 Å². The van der Waals surface area contributed by atoms with E-state index in [9.17, 15) is 8.42 Å². The third-order valence-electron chi connectivity index (χ3n) is 3.12. The molecule has 1 aromatic heterocycles. The van der Waals surface area contributed by atoms with E-state index >= 15 is 0 Å². The summed E-state index contributed by atoms with van der Waals surface area (Å²) in [4.78, 5) is 0.337. The summed E-state index contributed by atoms with van der Waals surface area (Å²) in [5.74, 6) is 0. The van der Waals surface area contributed by atoms with Gasteiger partial charge in [0.05, 0.1) is 6.61 Å². The van der Waals surface area contributed by atoms with Crippen molar-refractivity contribution in [3.63, 3.8) is 0 Å². The Morgan fingerprint density at radius 2 is 2.10 bits per heavy atom. The molecular formula is C13H25N3O3S. The highest BCUT2D eigenvalue weighted by atomic mass is 32.2. The molecule has 0 unspecified atom stereocenters. The number of aryl methyl sites for hydroxylation is 1. The maximum atomic E-state index is 12.4. The number of hydrogen-bond acceptors (Lipinski definition) is 4.